The van der Waals surface area contributed by atoms with E-state index in [9.17, 15) is 9.59 Å². The first-order chi connectivity index (χ1) is 10.2. The average molecular weight is 285 g/mol. The lowest BCUT2D eigenvalue weighted by Crippen LogP contribution is -2.28. The maximum Gasteiger partial charge on any atom is 0.302 e. The Morgan fingerprint density at radius 1 is 1.14 bits per heavy atom. The highest BCUT2D eigenvalue weighted by Gasteiger charge is 2.26. The molecule has 6 nitrogen and oxygen atoms in total. The standard InChI is InChI=1S/C15H15N3O3/c19-13(10-5-4-6-10)18-15-17-12(9-21-15)14(20)16-11-7-2-1-3-8-11/h1-3,7-10H,4-6H2,(H,16,20)(H,17,18,19). The summed E-state index contributed by atoms with van der Waals surface area (Å²) in [6.45, 7) is 0. The van der Waals surface area contributed by atoms with Crippen LogP contribution in [-0.4, -0.2) is 16.8 Å². The van der Waals surface area contributed by atoms with Crippen LogP contribution in [0.3, 0.4) is 0 Å². The van der Waals surface area contributed by atoms with E-state index in [4.69, 9.17) is 4.42 Å². The number of oxazole rings is 1. The molecule has 2 aromatic rings. The predicted octanol–water partition coefficient (Wildman–Crippen LogP) is 2.67. The van der Waals surface area contributed by atoms with Crippen molar-refractivity contribution in [1.82, 2.24) is 4.98 Å². The number of anilines is 2. The highest BCUT2D eigenvalue weighted by molar-refractivity contribution is 6.03. The quantitative estimate of drug-likeness (QED) is 0.904. The molecule has 1 saturated carbocycles. The van der Waals surface area contributed by atoms with Gasteiger partial charge in [-0.25, -0.2) is 0 Å². The minimum absolute atomic E-state index is 0.0403. The number of carbonyl (C=O) groups excluding carboxylic acids is 2. The van der Waals surface area contributed by atoms with Crippen molar-refractivity contribution in [1.29, 1.82) is 0 Å². The van der Waals surface area contributed by atoms with Gasteiger partial charge in [0.15, 0.2) is 5.69 Å². The van der Waals surface area contributed by atoms with Gasteiger partial charge in [-0.3, -0.25) is 14.9 Å². The summed E-state index contributed by atoms with van der Waals surface area (Å²) in [5.41, 5.74) is 0.799. The van der Waals surface area contributed by atoms with Crippen molar-refractivity contribution in [2.24, 2.45) is 5.92 Å². The van der Waals surface area contributed by atoms with E-state index in [0.717, 1.165) is 19.3 Å². The van der Waals surface area contributed by atoms with E-state index in [2.05, 4.69) is 15.6 Å². The maximum absolute atomic E-state index is 12.0. The zero-order chi connectivity index (χ0) is 14.7. The van der Waals surface area contributed by atoms with Crippen molar-refractivity contribution in [2.45, 2.75) is 19.3 Å². The summed E-state index contributed by atoms with van der Waals surface area (Å²) in [6, 6.07) is 9.12. The molecule has 0 bridgehead atoms. The van der Waals surface area contributed by atoms with E-state index in [1.165, 1.54) is 6.26 Å². The number of amides is 2. The molecule has 1 aliphatic carbocycles. The first-order valence-corrected chi connectivity index (χ1v) is 6.85. The fourth-order valence-corrected chi connectivity index (χ4v) is 2.03. The van der Waals surface area contributed by atoms with Crippen molar-refractivity contribution in [3.8, 4) is 0 Å². The van der Waals surface area contributed by atoms with Gasteiger partial charge in [-0.05, 0) is 25.0 Å². The molecule has 2 N–H and O–H groups in total. The van der Waals surface area contributed by atoms with Crippen LogP contribution < -0.4 is 10.6 Å². The van der Waals surface area contributed by atoms with E-state index < -0.39 is 0 Å². The molecule has 1 aromatic heterocycles. The van der Waals surface area contributed by atoms with Gasteiger partial charge in [0.25, 0.3) is 5.91 Å². The van der Waals surface area contributed by atoms with Crippen LogP contribution in [0.4, 0.5) is 11.7 Å². The normalized spacial score (nSPS) is 14.3. The lowest BCUT2D eigenvalue weighted by atomic mass is 9.85. The zero-order valence-corrected chi connectivity index (χ0v) is 11.3. The van der Waals surface area contributed by atoms with Gasteiger partial charge in [0.05, 0.1) is 0 Å². The van der Waals surface area contributed by atoms with Crippen molar-refractivity contribution >= 4 is 23.5 Å². The molecular weight excluding hydrogens is 270 g/mol. The molecular formula is C15H15N3O3. The summed E-state index contributed by atoms with van der Waals surface area (Å²) < 4.78 is 5.11. The highest BCUT2D eigenvalue weighted by atomic mass is 16.4. The number of benzene rings is 1. The van der Waals surface area contributed by atoms with Crippen LogP contribution in [0.1, 0.15) is 29.8 Å². The Bertz CT molecular complexity index is 647. The molecule has 6 heteroatoms. The van der Waals surface area contributed by atoms with Crippen LogP contribution in [0, 0.1) is 5.92 Å². The van der Waals surface area contributed by atoms with Crippen molar-refractivity contribution in [3.63, 3.8) is 0 Å². The van der Waals surface area contributed by atoms with Gasteiger partial charge in [0, 0.05) is 11.6 Å². The maximum atomic E-state index is 12.0. The molecule has 1 fully saturated rings. The molecule has 1 aromatic carbocycles. The topological polar surface area (TPSA) is 84.2 Å². The van der Waals surface area contributed by atoms with Gasteiger partial charge < -0.3 is 9.73 Å². The smallest absolute Gasteiger partial charge is 0.302 e. The van der Waals surface area contributed by atoms with Crippen molar-refractivity contribution in [2.75, 3.05) is 10.6 Å². The molecule has 1 heterocycles. The van der Waals surface area contributed by atoms with E-state index >= 15 is 0 Å². The van der Waals surface area contributed by atoms with Crippen LogP contribution in [0.15, 0.2) is 41.0 Å². The molecule has 0 unspecified atom stereocenters. The molecule has 0 saturated heterocycles. The van der Waals surface area contributed by atoms with Gasteiger partial charge in [0.2, 0.25) is 5.91 Å². The van der Waals surface area contributed by atoms with Crippen molar-refractivity contribution < 1.29 is 14.0 Å². The van der Waals surface area contributed by atoms with Gasteiger partial charge in [0.1, 0.15) is 6.26 Å². The van der Waals surface area contributed by atoms with E-state index in [1.807, 2.05) is 18.2 Å². The molecule has 3 rings (SSSR count). The second-order valence-electron chi connectivity index (χ2n) is 4.98. The Hall–Kier alpha value is -2.63. The lowest BCUT2D eigenvalue weighted by molar-refractivity contribution is -0.122. The summed E-state index contributed by atoms with van der Waals surface area (Å²) in [4.78, 5) is 27.7. The second kappa shape index (κ2) is 5.78. The van der Waals surface area contributed by atoms with Gasteiger partial charge >= 0.3 is 6.01 Å². The molecule has 0 atom stereocenters. The van der Waals surface area contributed by atoms with Crippen LogP contribution >= 0.6 is 0 Å². The molecule has 0 spiro atoms. The van der Waals surface area contributed by atoms with Crippen LogP contribution in [0.2, 0.25) is 0 Å². The fourth-order valence-electron chi connectivity index (χ4n) is 2.03. The first kappa shape index (κ1) is 13.4. The summed E-state index contributed by atoms with van der Waals surface area (Å²) in [7, 11) is 0. The number of nitrogens with zero attached hydrogens (tertiary/aromatic N) is 1. The van der Waals surface area contributed by atoms with Gasteiger partial charge in [-0.15, -0.1) is 0 Å². The SMILES string of the molecule is O=C(Nc1ccccc1)c1coc(NC(=O)C2CCC2)n1. The minimum Gasteiger partial charge on any atom is -0.431 e. The summed E-state index contributed by atoms with van der Waals surface area (Å²) in [6.07, 6.45) is 4.10. The monoisotopic (exact) mass is 285 g/mol. The Morgan fingerprint density at radius 3 is 2.57 bits per heavy atom. The number of para-hydroxylation sites is 1. The summed E-state index contributed by atoms with van der Waals surface area (Å²) in [5.74, 6) is -0.439. The molecule has 1 aliphatic rings. The Balaban J connectivity index is 1.61. The summed E-state index contributed by atoms with van der Waals surface area (Å²) >= 11 is 0. The molecule has 0 radical (unpaired) electrons. The lowest BCUT2D eigenvalue weighted by Gasteiger charge is -2.22. The Morgan fingerprint density at radius 2 is 1.90 bits per heavy atom. The van der Waals surface area contributed by atoms with Crippen molar-refractivity contribution in [3.05, 3.63) is 42.3 Å². The molecule has 2 amide bonds. The molecule has 21 heavy (non-hydrogen) atoms. The Labute approximate surface area is 121 Å². The molecule has 108 valence electrons. The van der Waals surface area contributed by atoms with Crippen LogP contribution in [0.25, 0.3) is 0 Å². The predicted molar refractivity (Wildman–Crippen MR) is 76.9 cm³/mol. The first-order valence-electron chi connectivity index (χ1n) is 6.85. The van der Waals surface area contributed by atoms with Gasteiger partial charge in [-0.1, -0.05) is 24.6 Å². The highest BCUT2D eigenvalue weighted by Crippen LogP contribution is 2.27. The largest absolute Gasteiger partial charge is 0.431 e. The van der Waals surface area contributed by atoms with E-state index in [-0.39, 0.29) is 29.4 Å². The van der Waals surface area contributed by atoms with Crippen LogP contribution in [-0.2, 0) is 4.79 Å². The number of carbonyl (C=O) groups is 2. The molecule has 0 aliphatic heterocycles. The van der Waals surface area contributed by atoms with Gasteiger partial charge in [-0.2, -0.15) is 4.98 Å². The third-order valence-electron chi connectivity index (χ3n) is 3.47. The minimum atomic E-state index is -0.380. The number of nitrogens with one attached hydrogen (secondary N) is 2. The van der Waals surface area contributed by atoms with Crippen LogP contribution in [0.5, 0.6) is 0 Å². The fraction of sp³-hybridized carbons (Fsp3) is 0.267. The number of hydrogen-bond donors (Lipinski definition) is 2. The zero-order valence-electron chi connectivity index (χ0n) is 11.3. The number of rotatable bonds is 4. The third-order valence-corrected chi connectivity index (χ3v) is 3.47. The average Bonchev–Trinajstić information content (AvgIpc) is 2.86. The third kappa shape index (κ3) is 3.10. The second-order valence-corrected chi connectivity index (χ2v) is 4.98. The number of hydrogen-bond acceptors (Lipinski definition) is 4. The Kier molecular flexibility index (Phi) is 3.68. The van der Waals surface area contributed by atoms with E-state index in [0.29, 0.717) is 5.69 Å². The van der Waals surface area contributed by atoms with E-state index in [1.54, 1.807) is 12.1 Å². The number of aromatic nitrogens is 1. The summed E-state index contributed by atoms with van der Waals surface area (Å²) in [5, 5.41) is 5.28.